The normalized spacial score (nSPS) is 11.0. The van der Waals surface area contributed by atoms with Crippen molar-refractivity contribution in [1.82, 2.24) is 9.66 Å². The highest BCUT2D eigenvalue weighted by molar-refractivity contribution is 6.02. The van der Waals surface area contributed by atoms with Gasteiger partial charge in [0.25, 0.3) is 5.56 Å². The van der Waals surface area contributed by atoms with Crippen molar-refractivity contribution in [1.29, 1.82) is 0 Å². The van der Waals surface area contributed by atoms with Crippen LogP contribution >= 0.6 is 0 Å². The van der Waals surface area contributed by atoms with Crippen LogP contribution in [0.3, 0.4) is 0 Å². The zero-order valence-electron chi connectivity index (χ0n) is 8.42. The van der Waals surface area contributed by atoms with Crippen LogP contribution in [0.15, 0.2) is 47.4 Å². The number of benzene rings is 1. The lowest BCUT2D eigenvalue weighted by Gasteiger charge is -2.06. The van der Waals surface area contributed by atoms with Gasteiger partial charge in [0.2, 0.25) is 0 Å². The van der Waals surface area contributed by atoms with Gasteiger partial charge < -0.3 is 5.84 Å². The molecule has 2 N–H and O–H groups in total. The lowest BCUT2D eigenvalue weighted by molar-refractivity contribution is 1.00. The summed E-state index contributed by atoms with van der Waals surface area (Å²) in [7, 11) is 0. The summed E-state index contributed by atoms with van der Waals surface area (Å²) in [6.07, 6.45) is 1.69. The summed E-state index contributed by atoms with van der Waals surface area (Å²) >= 11 is 0. The predicted molar refractivity (Wildman–Crippen MR) is 63.7 cm³/mol. The van der Waals surface area contributed by atoms with Gasteiger partial charge in [-0.25, -0.2) is 4.68 Å². The highest BCUT2D eigenvalue weighted by atomic mass is 16.1. The first-order valence-electron chi connectivity index (χ1n) is 4.92. The Morgan fingerprint density at radius 3 is 2.62 bits per heavy atom. The Morgan fingerprint density at radius 1 is 1.06 bits per heavy atom. The maximum Gasteiger partial charge on any atom is 0.277 e. The van der Waals surface area contributed by atoms with E-state index in [4.69, 9.17) is 5.84 Å². The van der Waals surface area contributed by atoms with E-state index in [1.165, 1.54) is 0 Å². The molecule has 1 aromatic carbocycles. The Hall–Kier alpha value is -2.36. The SMILES string of the molecule is Nn1c(=O)c2ccccc2c2ncccc21. The molecule has 0 radical (unpaired) electrons. The van der Waals surface area contributed by atoms with Gasteiger partial charge in [0, 0.05) is 11.6 Å². The first kappa shape index (κ1) is 8.91. The molecule has 0 fully saturated rings. The fraction of sp³-hybridized carbons (Fsp3) is 0. The number of nitrogens with zero attached hydrogens (tertiary/aromatic N) is 2. The van der Waals surface area contributed by atoms with Gasteiger partial charge in [-0.15, -0.1) is 0 Å². The van der Waals surface area contributed by atoms with Gasteiger partial charge in [-0.2, -0.15) is 0 Å². The fourth-order valence-electron chi connectivity index (χ4n) is 1.91. The molecule has 3 rings (SSSR count). The molecular weight excluding hydrogens is 202 g/mol. The maximum atomic E-state index is 12.0. The summed E-state index contributed by atoms with van der Waals surface area (Å²) < 4.78 is 1.14. The molecule has 2 heterocycles. The van der Waals surface area contributed by atoms with E-state index in [1.54, 1.807) is 24.4 Å². The molecule has 0 spiro atoms. The van der Waals surface area contributed by atoms with Crippen molar-refractivity contribution in [3.8, 4) is 0 Å². The molecule has 0 saturated heterocycles. The van der Waals surface area contributed by atoms with Crippen LogP contribution in [0.4, 0.5) is 0 Å². The summed E-state index contributed by atoms with van der Waals surface area (Å²) in [6.45, 7) is 0. The van der Waals surface area contributed by atoms with Crippen LogP contribution in [0.5, 0.6) is 0 Å². The number of rotatable bonds is 0. The molecule has 0 amide bonds. The van der Waals surface area contributed by atoms with E-state index in [0.717, 1.165) is 15.6 Å². The van der Waals surface area contributed by atoms with Crippen molar-refractivity contribution in [3.05, 3.63) is 52.9 Å². The molecule has 78 valence electrons. The first-order valence-corrected chi connectivity index (χ1v) is 4.92. The number of pyridine rings is 2. The van der Waals surface area contributed by atoms with Crippen LogP contribution in [0.2, 0.25) is 0 Å². The number of aromatic nitrogens is 2. The second-order valence-corrected chi connectivity index (χ2v) is 3.59. The molecule has 0 atom stereocenters. The van der Waals surface area contributed by atoms with Gasteiger partial charge in [-0.1, -0.05) is 18.2 Å². The predicted octanol–water partition coefficient (Wildman–Crippen LogP) is 1.26. The van der Waals surface area contributed by atoms with Crippen LogP contribution in [0.25, 0.3) is 21.8 Å². The third kappa shape index (κ3) is 1.04. The van der Waals surface area contributed by atoms with Crippen molar-refractivity contribution in [2.24, 2.45) is 0 Å². The monoisotopic (exact) mass is 211 g/mol. The topological polar surface area (TPSA) is 60.9 Å². The summed E-state index contributed by atoms with van der Waals surface area (Å²) in [4.78, 5) is 16.2. The molecule has 4 nitrogen and oxygen atoms in total. The molecule has 0 saturated carbocycles. The Kier molecular flexibility index (Phi) is 1.71. The second kappa shape index (κ2) is 3.06. The highest BCUT2D eigenvalue weighted by Crippen LogP contribution is 2.18. The van der Waals surface area contributed by atoms with Gasteiger partial charge >= 0.3 is 0 Å². The molecule has 2 aromatic heterocycles. The van der Waals surface area contributed by atoms with Gasteiger partial charge in [0.1, 0.15) is 0 Å². The molecule has 16 heavy (non-hydrogen) atoms. The second-order valence-electron chi connectivity index (χ2n) is 3.59. The third-order valence-electron chi connectivity index (χ3n) is 2.68. The van der Waals surface area contributed by atoms with Gasteiger partial charge in [0.05, 0.1) is 16.4 Å². The van der Waals surface area contributed by atoms with Crippen molar-refractivity contribution < 1.29 is 0 Å². The molecule has 3 aromatic rings. The van der Waals surface area contributed by atoms with Crippen LogP contribution in [0, 0.1) is 0 Å². The Balaban J connectivity index is 2.74. The molecule has 4 heteroatoms. The molecule has 0 aliphatic rings. The Bertz CT molecular complexity index is 746. The third-order valence-corrected chi connectivity index (χ3v) is 2.68. The number of nitrogens with two attached hydrogens (primary N) is 1. The van der Waals surface area contributed by atoms with E-state index in [0.29, 0.717) is 10.9 Å². The van der Waals surface area contributed by atoms with Gasteiger partial charge in [-0.3, -0.25) is 9.78 Å². The van der Waals surface area contributed by atoms with Crippen LogP contribution in [-0.4, -0.2) is 9.66 Å². The van der Waals surface area contributed by atoms with E-state index >= 15 is 0 Å². The summed E-state index contributed by atoms with van der Waals surface area (Å²) in [5, 5.41) is 1.43. The van der Waals surface area contributed by atoms with E-state index in [1.807, 2.05) is 18.2 Å². The minimum atomic E-state index is -0.198. The first-order chi connectivity index (χ1) is 7.79. The average Bonchev–Trinajstić information content (AvgIpc) is 2.36. The summed E-state index contributed by atoms with van der Waals surface area (Å²) in [5.41, 5.74) is 1.20. The molecule has 0 aliphatic carbocycles. The zero-order valence-corrected chi connectivity index (χ0v) is 8.42. The maximum absolute atomic E-state index is 12.0. The number of hydrogen-bond acceptors (Lipinski definition) is 3. The van der Waals surface area contributed by atoms with E-state index < -0.39 is 0 Å². The van der Waals surface area contributed by atoms with Crippen LogP contribution in [-0.2, 0) is 0 Å². The Labute approximate surface area is 90.9 Å². The summed E-state index contributed by atoms with van der Waals surface area (Å²) in [6, 6.07) is 10.9. The quantitative estimate of drug-likeness (QED) is 0.450. The largest absolute Gasteiger partial charge is 0.336 e. The number of nitrogen functional groups attached to an aromatic ring is 1. The minimum Gasteiger partial charge on any atom is -0.336 e. The van der Waals surface area contributed by atoms with Crippen LogP contribution in [0.1, 0.15) is 0 Å². The zero-order chi connectivity index (χ0) is 11.1. The lowest BCUT2D eigenvalue weighted by Crippen LogP contribution is -2.27. The smallest absolute Gasteiger partial charge is 0.277 e. The molecular formula is C12H9N3O. The van der Waals surface area contributed by atoms with E-state index in [-0.39, 0.29) is 5.56 Å². The summed E-state index contributed by atoms with van der Waals surface area (Å²) in [5.74, 6) is 5.75. The van der Waals surface area contributed by atoms with Crippen molar-refractivity contribution >= 4 is 21.8 Å². The van der Waals surface area contributed by atoms with Gasteiger partial charge in [-0.05, 0) is 18.2 Å². The average molecular weight is 211 g/mol. The Morgan fingerprint density at radius 2 is 1.81 bits per heavy atom. The van der Waals surface area contributed by atoms with E-state index in [9.17, 15) is 4.79 Å². The molecule has 0 aliphatic heterocycles. The van der Waals surface area contributed by atoms with Crippen molar-refractivity contribution in [3.63, 3.8) is 0 Å². The standard InChI is InChI=1S/C12H9N3O/c13-15-10-6-3-7-14-11(10)8-4-1-2-5-9(8)12(15)16/h1-7H,13H2. The van der Waals surface area contributed by atoms with Gasteiger partial charge in [0.15, 0.2) is 0 Å². The number of hydrogen-bond donors (Lipinski definition) is 1. The van der Waals surface area contributed by atoms with Crippen molar-refractivity contribution in [2.45, 2.75) is 0 Å². The minimum absolute atomic E-state index is 0.198. The van der Waals surface area contributed by atoms with E-state index in [2.05, 4.69) is 4.98 Å². The van der Waals surface area contributed by atoms with Crippen molar-refractivity contribution in [2.75, 3.05) is 5.84 Å². The van der Waals surface area contributed by atoms with Crippen LogP contribution < -0.4 is 11.4 Å². The molecule has 0 unspecified atom stereocenters. The lowest BCUT2D eigenvalue weighted by atomic mass is 10.1. The number of fused-ring (bicyclic) bond motifs is 3. The fourth-order valence-corrected chi connectivity index (χ4v) is 1.91. The highest BCUT2D eigenvalue weighted by Gasteiger charge is 2.08. The molecule has 0 bridgehead atoms.